The number of aromatic nitrogens is 1. The third-order valence-corrected chi connectivity index (χ3v) is 5.96. The fourth-order valence-corrected chi connectivity index (χ4v) is 3.73. The average molecular weight is 528 g/mol. The fourth-order valence-electron chi connectivity index (χ4n) is 3.34. The van der Waals surface area contributed by atoms with Gasteiger partial charge in [0, 0.05) is 18.5 Å². The van der Waals surface area contributed by atoms with Crippen LogP contribution >= 0.6 is 23.2 Å². The SMILES string of the molecule is CN(C(=O)CCc1cccc(F)c1Cl)[C@H](COC(=O)Nc1nc2cc(Cl)ccc2o1)C[C@@H](O)CO. The van der Waals surface area contributed by atoms with Crippen molar-refractivity contribution in [3.63, 3.8) is 0 Å². The van der Waals surface area contributed by atoms with Crippen molar-refractivity contribution in [2.45, 2.75) is 31.4 Å². The number of benzene rings is 2. The molecule has 1 heterocycles. The summed E-state index contributed by atoms with van der Waals surface area (Å²) in [5.41, 5.74) is 1.34. The molecule has 0 fully saturated rings. The second-order valence-electron chi connectivity index (χ2n) is 7.80. The second kappa shape index (κ2) is 12.2. The van der Waals surface area contributed by atoms with Crippen LogP contribution in [0.2, 0.25) is 10.0 Å². The van der Waals surface area contributed by atoms with Crippen LogP contribution in [0.4, 0.5) is 15.2 Å². The predicted molar refractivity (Wildman–Crippen MR) is 128 cm³/mol. The Hall–Kier alpha value is -2.92. The molecule has 0 spiro atoms. The molecule has 3 aromatic rings. The summed E-state index contributed by atoms with van der Waals surface area (Å²) in [5, 5.41) is 21.9. The standard InChI is InChI=1S/C23H24Cl2FN3O6/c1-29(20(32)8-5-13-3-2-4-17(26)21(13)25)15(10-16(31)11-30)12-34-23(33)28-22-27-18-9-14(24)6-7-19(18)35-22/h2-4,6-7,9,15-16,30-31H,5,8,10-12H2,1H3,(H,27,28,33)/t15-,16+/m0/s1. The van der Waals surface area contributed by atoms with Crippen LogP contribution < -0.4 is 5.32 Å². The van der Waals surface area contributed by atoms with E-state index in [1.54, 1.807) is 24.3 Å². The third-order valence-electron chi connectivity index (χ3n) is 5.30. The highest BCUT2D eigenvalue weighted by molar-refractivity contribution is 6.31. The molecule has 2 atom stereocenters. The molecule has 188 valence electrons. The number of carbonyl (C=O) groups excluding carboxylic acids is 2. The van der Waals surface area contributed by atoms with Gasteiger partial charge in [0.05, 0.1) is 23.8 Å². The summed E-state index contributed by atoms with van der Waals surface area (Å²) in [6.45, 7) is -0.812. The zero-order valence-corrected chi connectivity index (χ0v) is 20.2. The highest BCUT2D eigenvalue weighted by atomic mass is 35.5. The molecule has 0 aliphatic carbocycles. The molecule has 2 amide bonds. The molecular weight excluding hydrogens is 504 g/mol. The van der Waals surface area contributed by atoms with Gasteiger partial charge in [-0.1, -0.05) is 35.3 Å². The van der Waals surface area contributed by atoms with E-state index in [0.717, 1.165) is 0 Å². The smallest absolute Gasteiger partial charge is 0.415 e. The molecule has 1 aromatic heterocycles. The number of ether oxygens (including phenoxy) is 1. The number of amides is 2. The van der Waals surface area contributed by atoms with Gasteiger partial charge in [0.2, 0.25) is 5.91 Å². The summed E-state index contributed by atoms with van der Waals surface area (Å²) < 4.78 is 24.2. The van der Waals surface area contributed by atoms with Crippen LogP contribution in [-0.4, -0.2) is 64.5 Å². The van der Waals surface area contributed by atoms with E-state index in [1.165, 1.54) is 24.1 Å². The Kier molecular flexibility index (Phi) is 9.27. The van der Waals surface area contributed by atoms with E-state index in [9.17, 15) is 24.2 Å². The molecule has 0 unspecified atom stereocenters. The monoisotopic (exact) mass is 527 g/mol. The number of aryl methyl sites for hydroxylation is 1. The fraction of sp³-hybridized carbons (Fsp3) is 0.348. The largest absolute Gasteiger partial charge is 0.447 e. The number of likely N-dealkylation sites (N-methyl/N-ethyl adjacent to an activating group) is 1. The number of anilines is 1. The van der Waals surface area contributed by atoms with Crippen LogP contribution in [0.3, 0.4) is 0 Å². The van der Waals surface area contributed by atoms with Crippen LogP contribution in [0.1, 0.15) is 18.4 Å². The molecule has 0 saturated heterocycles. The van der Waals surface area contributed by atoms with Crippen molar-refractivity contribution in [3.8, 4) is 0 Å². The lowest BCUT2D eigenvalue weighted by Crippen LogP contribution is -2.43. The number of rotatable bonds is 10. The number of nitrogens with one attached hydrogen (secondary N) is 1. The van der Waals surface area contributed by atoms with E-state index in [1.807, 2.05) is 0 Å². The number of carbonyl (C=O) groups is 2. The number of aliphatic hydroxyl groups excluding tert-OH is 2. The van der Waals surface area contributed by atoms with E-state index >= 15 is 0 Å². The molecule has 35 heavy (non-hydrogen) atoms. The first-order chi connectivity index (χ1) is 16.7. The predicted octanol–water partition coefficient (Wildman–Crippen LogP) is 4.03. The number of hydrogen-bond donors (Lipinski definition) is 3. The highest BCUT2D eigenvalue weighted by Crippen LogP contribution is 2.23. The minimum Gasteiger partial charge on any atom is -0.447 e. The van der Waals surface area contributed by atoms with Gasteiger partial charge in [0.1, 0.15) is 17.9 Å². The minimum absolute atomic E-state index is 0.00303. The Morgan fingerprint density at radius 2 is 2.06 bits per heavy atom. The number of halogens is 3. The van der Waals surface area contributed by atoms with Crippen molar-refractivity contribution in [1.82, 2.24) is 9.88 Å². The number of oxazole rings is 1. The van der Waals surface area contributed by atoms with E-state index in [-0.39, 0.29) is 42.8 Å². The topological polar surface area (TPSA) is 125 Å². The van der Waals surface area contributed by atoms with Gasteiger partial charge in [-0.05, 0) is 42.7 Å². The first kappa shape index (κ1) is 26.7. The van der Waals surface area contributed by atoms with Gasteiger partial charge in [-0.3, -0.25) is 4.79 Å². The van der Waals surface area contributed by atoms with Gasteiger partial charge < -0.3 is 24.3 Å². The zero-order valence-electron chi connectivity index (χ0n) is 18.7. The maximum absolute atomic E-state index is 13.6. The van der Waals surface area contributed by atoms with Crippen molar-refractivity contribution in [3.05, 3.63) is 57.8 Å². The maximum atomic E-state index is 13.6. The number of fused-ring (bicyclic) bond motifs is 1. The summed E-state index contributed by atoms with van der Waals surface area (Å²) in [6.07, 6.45) is -1.88. The van der Waals surface area contributed by atoms with Crippen molar-refractivity contribution in [2.24, 2.45) is 0 Å². The van der Waals surface area contributed by atoms with Gasteiger partial charge in [-0.15, -0.1) is 0 Å². The Morgan fingerprint density at radius 1 is 1.29 bits per heavy atom. The molecule has 3 rings (SSSR count). The molecule has 0 bridgehead atoms. The lowest BCUT2D eigenvalue weighted by molar-refractivity contribution is -0.133. The molecule has 9 nitrogen and oxygen atoms in total. The Bertz CT molecular complexity index is 1190. The first-order valence-electron chi connectivity index (χ1n) is 10.6. The van der Waals surface area contributed by atoms with Gasteiger partial charge in [-0.25, -0.2) is 14.5 Å². The molecule has 0 saturated carbocycles. The summed E-state index contributed by atoms with van der Waals surface area (Å²) in [6, 6.07) is 8.29. The summed E-state index contributed by atoms with van der Waals surface area (Å²) in [7, 11) is 1.48. The van der Waals surface area contributed by atoms with Crippen LogP contribution in [-0.2, 0) is 16.0 Å². The van der Waals surface area contributed by atoms with E-state index in [4.69, 9.17) is 32.4 Å². The van der Waals surface area contributed by atoms with Crippen LogP contribution in [0.25, 0.3) is 11.1 Å². The van der Waals surface area contributed by atoms with E-state index in [0.29, 0.717) is 21.7 Å². The molecular formula is C23H24Cl2FN3O6. The zero-order chi connectivity index (χ0) is 25.5. The Balaban J connectivity index is 1.59. The van der Waals surface area contributed by atoms with Gasteiger partial charge >= 0.3 is 12.1 Å². The summed E-state index contributed by atoms with van der Waals surface area (Å²) in [4.78, 5) is 30.4. The van der Waals surface area contributed by atoms with E-state index in [2.05, 4.69) is 10.3 Å². The van der Waals surface area contributed by atoms with Crippen molar-refractivity contribution >= 4 is 52.3 Å². The van der Waals surface area contributed by atoms with Crippen molar-refractivity contribution < 1.29 is 33.3 Å². The molecule has 2 aromatic carbocycles. The normalized spacial score (nSPS) is 12.9. The Labute approximate surface area is 210 Å². The third kappa shape index (κ3) is 7.28. The van der Waals surface area contributed by atoms with Crippen LogP contribution in [0.5, 0.6) is 0 Å². The van der Waals surface area contributed by atoms with Crippen LogP contribution in [0, 0.1) is 5.82 Å². The van der Waals surface area contributed by atoms with Gasteiger partial charge in [0.15, 0.2) is 5.58 Å². The molecule has 0 radical (unpaired) electrons. The highest BCUT2D eigenvalue weighted by Gasteiger charge is 2.25. The lowest BCUT2D eigenvalue weighted by atomic mass is 10.1. The van der Waals surface area contributed by atoms with Gasteiger partial charge in [-0.2, -0.15) is 4.98 Å². The molecule has 12 heteroatoms. The number of aliphatic hydroxyl groups is 2. The molecule has 3 N–H and O–H groups in total. The number of hydrogen-bond acceptors (Lipinski definition) is 7. The first-order valence-corrected chi connectivity index (χ1v) is 11.4. The summed E-state index contributed by atoms with van der Waals surface area (Å²) >= 11 is 11.9. The summed E-state index contributed by atoms with van der Waals surface area (Å²) in [5.74, 6) is -0.921. The minimum atomic E-state index is -1.14. The second-order valence-corrected chi connectivity index (χ2v) is 8.61. The van der Waals surface area contributed by atoms with Gasteiger partial charge in [0.25, 0.3) is 0 Å². The number of nitrogens with zero attached hydrogens (tertiary/aromatic N) is 2. The molecule has 0 aliphatic rings. The van der Waals surface area contributed by atoms with Crippen molar-refractivity contribution in [1.29, 1.82) is 0 Å². The lowest BCUT2D eigenvalue weighted by Gasteiger charge is -2.29. The van der Waals surface area contributed by atoms with Crippen molar-refractivity contribution in [2.75, 3.05) is 25.6 Å². The Morgan fingerprint density at radius 3 is 2.80 bits per heavy atom. The quantitative estimate of drug-likeness (QED) is 0.363. The van der Waals surface area contributed by atoms with E-state index < -0.39 is 30.7 Å². The maximum Gasteiger partial charge on any atom is 0.415 e. The molecule has 0 aliphatic heterocycles. The average Bonchev–Trinajstić information content (AvgIpc) is 3.22. The van der Waals surface area contributed by atoms with Crippen LogP contribution in [0.15, 0.2) is 40.8 Å².